The predicted octanol–water partition coefficient (Wildman–Crippen LogP) is 5.60. The van der Waals surface area contributed by atoms with Gasteiger partial charge in [-0.25, -0.2) is 13.8 Å². The molecule has 0 spiro atoms. The van der Waals surface area contributed by atoms with Gasteiger partial charge in [0.15, 0.2) is 11.2 Å². The average molecular weight is 646 g/mol. The van der Waals surface area contributed by atoms with Crippen molar-refractivity contribution < 1.29 is 31.4 Å². The molecule has 6 heterocycles. The number of halogens is 5. The van der Waals surface area contributed by atoms with Gasteiger partial charge in [0.2, 0.25) is 5.88 Å². The molecule has 236 valence electrons. The molecular weight excluding hydrogens is 617 g/mol. The molecule has 4 atom stereocenters. The molecule has 3 saturated heterocycles. The number of nitrogens with two attached hydrogens (primary N) is 1. The summed E-state index contributed by atoms with van der Waals surface area (Å²) in [6, 6.07) is 5.03. The van der Waals surface area contributed by atoms with Crippen LogP contribution in [-0.4, -0.2) is 69.9 Å². The highest BCUT2D eigenvalue weighted by Gasteiger charge is 2.49. The van der Waals surface area contributed by atoms with Crippen molar-refractivity contribution in [3.63, 3.8) is 0 Å². The van der Waals surface area contributed by atoms with Gasteiger partial charge in [0.1, 0.15) is 41.3 Å². The maximum absolute atomic E-state index is 14.8. The number of anilines is 1. The van der Waals surface area contributed by atoms with Gasteiger partial charge >= 0.3 is 12.2 Å². The van der Waals surface area contributed by atoms with Crippen LogP contribution in [0, 0.1) is 17.1 Å². The minimum absolute atomic E-state index is 0.00800. The van der Waals surface area contributed by atoms with Crippen LogP contribution in [0.5, 0.6) is 11.9 Å². The normalized spacial score (nSPS) is 25.2. The highest BCUT2D eigenvalue weighted by atomic mass is 32.1. The van der Waals surface area contributed by atoms with Crippen LogP contribution in [-0.2, 0) is 6.18 Å². The zero-order valence-electron chi connectivity index (χ0n) is 24.0. The van der Waals surface area contributed by atoms with E-state index in [9.17, 15) is 27.2 Å². The van der Waals surface area contributed by atoms with Crippen molar-refractivity contribution in [2.24, 2.45) is 0 Å². The molecule has 9 nitrogen and oxygen atoms in total. The number of pyridine rings is 1. The Kier molecular flexibility index (Phi) is 7.21. The molecule has 7 rings (SSSR count). The lowest BCUT2D eigenvalue weighted by Gasteiger charge is -2.30. The summed E-state index contributed by atoms with van der Waals surface area (Å²) < 4.78 is 85.4. The molecule has 15 heteroatoms. The van der Waals surface area contributed by atoms with Crippen LogP contribution < -0.4 is 20.5 Å². The Labute approximate surface area is 258 Å². The number of aromatic nitrogens is 3. The molecule has 0 saturated carbocycles. The van der Waals surface area contributed by atoms with Crippen LogP contribution in [0.15, 0.2) is 18.2 Å². The second-order valence-electron chi connectivity index (χ2n) is 11.9. The van der Waals surface area contributed by atoms with Crippen LogP contribution in [0.3, 0.4) is 0 Å². The fourth-order valence-corrected chi connectivity index (χ4v) is 7.84. The molecule has 4 aromatic rings. The second-order valence-corrected chi connectivity index (χ2v) is 12.9. The van der Waals surface area contributed by atoms with E-state index in [4.69, 9.17) is 15.2 Å². The number of nitrogen functional groups attached to an aromatic ring is 1. The van der Waals surface area contributed by atoms with E-state index in [1.165, 1.54) is 12.1 Å². The SMILES string of the molecule is C[C@H]1NCC[C@H]1Oc1nc(OC[C@@]23CCCN2C[C@H](F)C3)nc2cc(-c3ccc(F)c4sc(N)c(C#N)c34)c(C(F)(F)F)nc12. The van der Waals surface area contributed by atoms with Gasteiger partial charge in [0, 0.05) is 30.0 Å². The number of nitriles is 1. The summed E-state index contributed by atoms with van der Waals surface area (Å²) >= 11 is 0.781. The molecule has 0 radical (unpaired) electrons. The Hall–Kier alpha value is -3.87. The molecule has 0 aliphatic carbocycles. The summed E-state index contributed by atoms with van der Waals surface area (Å²) in [4.78, 5) is 14.9. The van der Waals surface area contributed by atoms with Gasteiger partial charge < -0.3 is 20.5 Å². The van der Waals surface area contributed by atoms with Crippen LogP contribution >= 0.6 is 11.3 Å². The summed E-state index contributed by atoms with van der Waals surface area (Å²) in [6.07, 6.45) is -3.81. The summed E-state index contributed by atoms with van der Waals surface area (Å²) in [7, 11) is 0. The molecule has 3 aromatic heterocycles. The first kappa shape index (κ1) is 29.8. The van der Waals surface area contributed by atoms with Crippen molar-refractivity contribution in [3.05, 3.63) is 35.3 Å². The van der Waals surface area contributed by atoms with E-state index in [0.29, 0.717) is 25.9 Å². The van der Waals surface area contributed by atoms with E-state index in [1.807, 2.05) is 13.0 Å². The minimum atomic E-state index is -4.95. The molecule has 0 bridgehead atoms. The van der Waals surface area contributed by atoms with Gasteiger partial charge in [-0.1, -0.05) is 6.07 Å². The number of rotatable bonds is 6. The predicted molar refractivity (Wildman–Crippen MR) is 157 cm³/mol. The zero-order valence-corrected chi connectivity index (χ0v) is 24.9. The molecular formula is C30H28F5N7O2S. The first-order chi connectivity index (χ1) is 21.5. The van der Waals surface area contributed by atoms with Crippen LogP contribution in [0.4, 0.5) is 27.0 Å². The average Bonchev–Trinajstić information content (AvgIpc) is 3.73. The third-order valence-electron chi connectivity index (χ3n) is 9.05. The number of nitrogens with one attached hydrogen (secondary N) is 1. The topological polar surface area (TPSA) is 122 Å². The lowest BCUT2D eigenvalue weighted by Crippen LogP contribution is -2.43. The molecule has 3 N–H and O–H groups in total. The van der Waals surface area contributed by atoms with E-state index in [-0.39, 0.29) is 61.8 Å². The van der Waals surface area contributed by atoms with Gasteiger partial charge in [0.25, 0.3) is 0 Å². The number of benzene rings is 1. The molecule has 3 fully saturated rings. The number of fused-ring (bicyclic) bond motifs is 3. The lowest BCUT2D eigenvalue weighted by molar-refractivity contribution is -0.140. The van der Waals surface area contributed by atoms with Crippen LogP contribution in [0.2, 0.25) is 0 Å². The highest BCUT2D eigenvalue weighted by Crippen LogP contribution is 2.46. The van der Waals surface area contributed by atoms with E-state index in [2.05, 4.69) is 25.2 Å². The summed E-state index contributed by atoms with van der Waals surface area (Å²) in [5, 5.41) is 12.9. The smallest absolute Gasteiger partial charge is 0.433 e. The standard InChI is InChI=1S/C30H28F5N7O2S/c1-14-21(5-7-38-14)44-27-23-20(39-28(41-27)43-13-29-6-2-8-42(29)12-15(31)10-29)9-17(25(40-23)30(33,34)35)16-3-4-19(32)24-22(16)18(11-36)26(37)45-24/h3-4,9,14-15,21,38H,2,5-8,10,12-13,37H2,1H3/t14-,15-,21-,29+/m1/s1. The number of hydrogen-bond donors (Lipinski definition) is 2. The Bertz CT molecular complexity index is 1860. The first-order valence-electron chi connectivity index (χ1n) is 14.6. The summed E-state index contributed by atoms with van der Waals surface area (Å²) in [6.45, 7) is 3.71. The molecule has 45 heavy (non-hydrogen) atoms. The maximum Gasteiger partial charge on any atom is 0.433 e. The van der Waals surface area contributed by atoms with Crippen molar-refractivity contribution in [1.82, 2.24) is 25.2 Å². The minimum Gasteiger partial charge on any atom is -0.471 e. The highest BCUT2D eigenvalue weighted by molar-refractivity contribution is 7.23. The van der Waals surface area contributed by atoms with Crippen molar-refractivity contribution in [2.45, 2.75) is 62.6 Å². The fraction of sp³-hybridized carbons (Fsp3) is 0.467. The Balaban J connectivity index is 1.40. The Morgan fingerprint density at radius 3 is 2.80 bits per heavy atom. The number of ether oxygens (including phenoxy) is 2. The Morgan fingerprint density at radius 1 is 1.24 bits per heavy atom. The molecule has 1 aromatic carbocycles. The second kappa shape index (κ2) is 10.9. The fourth-order valence-electron chi connectivity index (χ4n) is 6.89. The van der Waals surface area contributed by atoms with Gasteiger partial charge in [-0.05, 0) is 57.0 Å². The number of alkyl halides is 4. The lowest BCUT2D eigenvalue weighted by atomic mass is 9.95. The summed E-state index contributed by atoms with van der Waals surface area (Å²) in [5.74, 6) is -0.894. The van der Waals surface area contributed by atoms with Crippen molar-refractivity contribution in [1.29, 1.82) is 5.26 Å². The third kappa shape index (κ3) is 5.08. The van der Waals surface area contributed by atoms with E-state index < -0.39 is 41.1 Å². The third-order valence-corrected chi connectivity index (χ3v) is 10.1. The van der Waals surface area contributed by atoms with Gasteiger partial charge in [-0.15, -0.1) is 11.3 Å². The zero-order chi connectivity index (χ0) is 31.7. The van der Waals surface area contributed by atoms with Gasteiger partial charge in [0.05, 0.1) is 15.8 Å². The van der Waals surface area contributed by atoms with Crippen LogP contribution in [0.1, 0.15) is 43.9 Å². The Morgan fingerprint density at radius 2 is 2.07 bits per heavy atom. The van der Waals surface area contributed by atoms with E-state index in [1.54, 1.807) is 0 Å². The van der Waals surface area contributed by atoms with Crippen molar-refractivity contribution in [3.8, 4) is 29.1 Å². The maximum atomic E-state index is 14.8. The van der Waals surface area contributed by atoms with E-state index in [0.717, 1.165) is 36.8 Å². The van der Waals surface area contributed by atoms with Crippen molar-refractivity contribution >= 4 is 37.5 Å². The van der Waals surface area contributed by atoms with E-state index >= 15 is 0 Å². The molecule has 3 aliphatic rings. The number of hydrogen-bond acceptors (Lipinski definition) is 10. The van der Waals surface area contributed by atoms with Crippen molar-refractivity contribution in [2.75, 3.05) is 32.0 Å². The first-order valence-corrected chi connectivity index (χ1v) is 15.4. The van der Waals surface area contributed by atoms with Crippen LogP contribution in [0.25, 0.3) is 32.2 Å². The molecule has 3 aliphatic heterocycles. The monoisotopic (exact) mass is 645 g/mol. The molecule has 0 unspecified atom stereocenters. The molecule has 0 amide bonds. The number of nitrogens with zero attached hydrogens (tertiary/aromatic N) is 5. The largest absolute Gasteiger partial charge is 0.471 e. The number of thiophene rings is 1. The summed E-state index contributed by atoms with van der Waals surface area (Å²) in [5.41, 5.74) is 3.31. The van der Waals surface area contributed by atoms with Gasteiger partial charge in [-0.3, -0.25) is 4.90 Å². The van der Waals surface area contributed by atoms with Gasteiger partial charge in [-0.2, -0.15) is 28.4 Å². The quantitative estimate of drug-likeness (QED) is 0.258.